The fraction of sp³-hybridized carbons (Fsp3) is 0.458. The molecule has 10 heteroatoms. The summed E-state index contributed by atoms with van der Waals surface area (Å²) < 4.78 is 45.3. The van der Waals surface area contributed by atoms with Crippen molar-refractivity contribution in [2.75, 3.05) is 33.2 Å². The van der Waals surface area contributed by atoms with Crippen LogP contribution in [0.25, 0.3) is 0 Å². The second kappa shape index (κ2) is 9.09. The molecule has 0 aromatic heterocycles. The van der Waals surface area contributed by atoms with E-state index in [1.54, 1.807) is 42.5 Å². The highest BCUT2D eigenvalue weighted by molar-refractivity contribution is 7.89. The van der Waals surface area contributed by atoms with Crippen molar-refractivity contribution in [2.45, 2.75) is 43.8 Å². The summed E-state index contributed by atoms with van der Waals surface area (Å²) in [7, 11) is -2.22. The average molecular weight is 486 g/mol. The van der Waals surface area contributed by atoms with Crippen LogP contribution in [0.5, 0.6) is 11.5 Å². The third-order valence-corrected chi connectivity index (χ3v) is 8.76. The molecule has 0 unspecified atom stereocenters. The van der Waals surface area contributed by atoms with Gasteiger partial charge in [-0.1, -0.05) is 6.07 Å². The molecular weight excluding hydrogens is 455 g/mol. The molecule has 182 valence electrons. The second-order valence-electron chi connectivity index (χ2n) is 9.78. The number of hydrogen-bond donors (Lipinski definition) is 0. The molecule has 2 aromatic carbocycles. The van der Waals surface area contributed by atoms with Crippen molar-refractivity contribution >= 4 is 28.9 Å². The highest BCUT2D eigenvalue weighted by Gasteiger charge is 2.52. The van der Waals surface area contributed by atoms with E-state index in [-0.39, 0.29) is 4.90 Å². The number of piperazine rings is 1. The summed E-state index contributed by atoms with van der Waals surface area (Å²) in [4.78, 5) is 14.1. The minimum absolute atomic E-state index is 0.231. The van der Waals surface area contributed by atoms with Crippen LogP contribution < -0.4 is 10.2 Å². The standard InChI is InChI=1S/C24H31BN2O6S/c1-23(2)24(3,4)33-25(32-23)22-11-8-20(16-18(22)17-28)31-19-6-9-21(10-7-19)34(29,30)27-14-12-26(5)13-15-27/h6-11,16-17H,12-15H2,1-5H3. The van der Waals surface area contributed by atoms with Gasteiger partial charge in [-0.3, -0.25) is 4.79 Å². The summed E-state index contributed by atoms with van der Waals surface area (Å²) in [6, 6.07) is 11.4. The van der Waals surface area contributed by atoms with Gasteiger partial charge in [-0.25, -0.2) is 8.42 Å². The maximum atomic E-state index is 12.9. The van der Waals surface area contributed by atoms with Gasteiger partial charge >= 0.3 is 7.12 Å². The first-order chi connectivity index (χ1) is 15.9. The minimum atomic E-state index is -3.54. The molecule has 2 heterocycles. The normalized spacial score (nSPS) is 20.9. The molecule has 2 aliphatic heterocycles. The zero-order valence-electron chi connectivity index (χ0n) is 20.3. The van der Waals surface area contributed by atoms with Gasteiger partial charge in [-0.15, -0.1) is 0 Å². The minimum Gasteiger partial charge on any atom is -0.457 e. The number of benzene rings is 2. The van der Waals surface area contributed by atoms with Crippen LogP contribution >= 0.6 is 0 Å². The van der Waals surface area contributed by atoms with Crippen LogP contribution in [0.2, 0.25) is 0 Å². The molecule has 2 fully saturated rings. The number of nitrogens with zero attached hydrogens (tertiary/aromatic N) is 2. The van der Waals surface area contributed by atoms with Gasteiger partial charge < -0.3 is 18.9 Å². The monoisotopic (exact) mass is 486 g/mol. The van der Waals surface area contributed by atoms with Gasteiger partial charge in [-0.05, 0) is 76.6 Å². The first kappa shape index (κ1) is 24.9. The molecular formula is C24H31BN2O6S. The van der Waals surface area contributed by atoms with Gasteiger partial charge in [0.05, 0.1) is 16.1 Å². The lowest BCUT2D eigenvalue weighted by atomic mass is 9.76. The summed E-state index contributed by atoms with van der Waals surface area (Å²) >= 11 is 0. The second-order valence-corrected chi connectivity index (χ2v) is 11.7. The van der Waals surface area contributed by atoms with Crippen molar-refractivity contribution in [3.63, 3.8) is 0 Å². The van der Waals surface area contributed by atoms with Crippen LogP contribution in [0.3, 0.4) is 0 Å². The molecule has 0 atom stereocenters. The molecule has 0 spiro atoms. The Balaban J connectivity index is 1.49. The highest BCUT2D eigenvalue weighted by atomic mass is 32.2. The van der Waals surface area contributed by atoms with Crippen molar-refractivity contribution in [2.24, 2.45) is 0 Å². The number of hydrogen-bond acceptors (Lipinski definition) is 7. The predicted molar refractivity (Wildman–Crippen MR) is 130 cm³/mol. The van der Waals surface area contributed by atoms with E-state index < -0.39 is 28.3 Å². The first-order valence-corrected chi connectivity index (χ1v) is 12.8. The van der Waals surface area contributed by atoms with Crippen molar-refractivity contribution in [1.82, 2.24) is 9.21 Å². The zero-order chi connectivity index (χ0) is 24.7. The Morgan fingerprint density at radius 1 is 0.912 bits per heavy atom. The number of aldehydes is 1. The van der Waals surface area contributed by atoms with Crippen LogP contribution in [0.15, 0.2) is 47.4 Å². The van der Waals surface area contributed by atoms with Gasteiger partial charge in [0.2, 0.25) is 10.0 Å². The van der Waals surface area contributed by atoms with Crippen molar-refractivity contribution in [3.05, 3.63) is 48.0 Å². The Bertz CT molecular complexity index is 1140. The summed E-state index contributed by atoms with van der Waals surface area (Å²) in [5, 5.41) is 0. The van der Waals surface area contributed by atoms with Crippen LogP contribution in [-0.4, -0.2) is 75.5 Å². The average Bonchev–Trinajstić information content (AvgIpc) is 3.01. The lowest BCUT2D eigenvalue weighted by molar-refractivity contribution is 0.00578. The van der Waals surface area contributed by atoms with Crippen LogP contribution in [0.4, 0.5) is 0 Å². The van der Waals surface area contributed by atoms with Gasteiger partial charge in [0.25, 0.3) is 0 Å². The lowest BCUT2D eigenvalue weighted by Gasteiger charge is -2.32. The molecule has 2 aliphatic rings. The lowest BCUT2D eigenvalue weighted by Crippen LogP contribution is -2.46. The van der Waals surface area contributed by atoms with E-state index in [9.17, 15) is 13.2 Å². The molecule has 0 N–H and O–H groups in total. The molecule has 0 radical (unpaired) electrons. The van der Waals surface area contributed by atoms with E-state index in [1.165, 1.54) is 4.31 Å². The predicted octanol–water partition coefficient (Wildman–Crippen LogP) is 2.53. The van der Waals surface area contributed by atoms with E-state index in [2.05, 4.69) is 4.90 Å². The molecule has 8 nitrogen and oxygen atoms in total. The number of sulfonamides is 1. The Kier molecular flexibility index (Phi) is 6.65. The third-order valence-electron chi connectivity index (χ3n) is 6.85. The molecule has 2 aromatic rings. The SMILES string of the molecule is CN1CCN(S(=O)(=O)c2ccc(Oc3ccc(B4OC(C)(C)C(C)(C)O4)c(C=O)c3)cc2)CC1. The van der Waals surface area contributed by atoms with E-state index in [4.69, 9.17) is 14.0 Å². The number of rotatable bonds is 6. The van der Waals surface area contributed by atoms with Crippen LogP contribution in [0, 0.1) is 0 Å². The largest absolute Gasteiger partial charge is 0.495 e. The van der Waals surface area contributed by atoms with Gasteiger partial charge in [0, 0.05) is 31.7 Å². The summed E-state index contributed by atoms with van der Waals surface area (Å²) in [6.07, 6.45) is 0.749. The van der Waals surface area contributed by atoms with Crippen molar-refractivity contribution in [1.29, 1.82) is 0 Å². The molecule has 2 saturated heterocycles. The topological polar surface area (TPSA) is 85.4 Å². The summed E-state index contributed by atoms with van der Waals surface area (Å²) in [5.41, 5.74) is 0.0122. The number of carbonyl (C=O) groups is 1. The molecule has 0 aliphatic carbocycles. The summed E-state index contributed by atoms with van der Waals surface area (Å²) in [5.74, 6) is 0.926. The van der Waals surface area contributed by atoms with Gasteiger partial charge in [0.15, 0.2) is 0 Å². The van der Waals surface area contributed by atoms with Crippen LogP contribution in [-0.2, 0) is 19.3 Å². The Labute approximate surface area is 202 Å². The Hall–Kier alpha value is -2.24. The smallest absolute Gasteiger partial charge is 0.457 e. The maximum Gasteiger partial charge on any atom is 0.495 e. The molecule has 0 saturated carbocycles. The number of ether oxygens (including phenoxy) is 1. The van der Waals surface area contributed by atoms with Crippen LogP contribution in [0.1, 0.15) is 38.1 Å². The molecule has 4 rings (SSSR count). The zero-order valence-corrected chi connectivity index (χ0v) is 21.1. The van der Waals surface area contributed by atoms with Crippen molar-refractivity contribution < 1.29 is 27.3 Å². The third kappa shape index (κ3) is 4.78. The van der Waals surface area contributed by atoms with E-state index >= 15 is 0 Å². The van der Waals surface area contributed by atoms with E-state index in [0.717, 1.165) is 6.29 Å². The molecule has 34 heavy (non-hydrogen) atoms. The Morgan fingerprint density at radius 3 is 2.03 bits per heavy atom. The molecule has 0 amide bonds. The fourth-order valence-corrected chi connectivity index (χ4v) is 5.32. The number of carbonyl (C=O) groups excluding carboxylic acids is 1. The Morgan fingerprint density at radius 2 is 1.47 bits per heavy atom. The maximum absolute atomic E-state index is 12.9. The van der Waals surface area contributed by atoms with Crippen molar-refractivity contribution in [3.8, 4) is 11.5 Å². The highest BCUT2D eigenvalue weighted by Crippen LogP contribution is 2.37. The molecule has 0 bridgehead atoms. The summed E-state index contributed by atoms with van der Waals surface area (Å²) in [6.45, 7) is 10.2. The fourth-order valence-electron chi connectivity index (χ4n) is 3.90. The van der Waals surface area contributed by atoms with Gasteiger partial charge in [-0.2, -0.15) is 4.31 Å². The first-order valence-electron chi connectivity index (χ1n) is 11.3. The van der Waals surface area contributed by atoms with E-state index in [1.807, 2.05) is 34.7 Å². The van der Waals surface area contributed by atoms with E-state index in [0.29, 0.717) is 48.7 Å². The van der Waals surface area contributed by atoms with Gasteiger partial charge in [0.1, 0.15) is 17.8 Å². The number of likely N-dealkylation sites (N-methyl/N-ethyl adjacent to an activating group) is 1. The quantitative estimate of drug-likeness (QED) is 0.458.